The Hall–Kier alpha value is -1.64. The van der Waals surface area contributed by atoms with Crippen molar-refractivity contribution in [2.75, 3.05) is 44.1 Å². The molecule has 1 saturated carbocycles. The van der Waals surface area contributed by atoms with Gasteiger partial charge in [0, 0.05) is 68.5 Å². The van der Waals surface area contributed by atoms with E-state index in [4.69, 9.17) is 32.7 Å². The second-order valence-electron chi connectivity index (χ2n) is 9.76. The lowest BCUT2D eigenvalue weighted by Gasteiger charge is -2.32. The summed E-state index contributed by atoms with van der Waals surface area (Å²) in [6, 6.07) is 5.35. The van der Waals surface area contributed by atoms with Crippen LogP contribution in [0.2, 0.25) is 10.2 Å². The standard InChI is InChI=1S/C26H37Cl2N5O2/c1-17(16-34-2)32-20-3-5-21(6-4-20)33-25-12-22(23(27)15-30-25)19-11-24(26(28)31-14-19)29-13-18-7-9-35-10-8-18/h11-12,14-15,17-18,20-21,29,32H,3-10,13,16H2,1-2H3,(H,30,33)/t17-,20?,21?/m1/s1. The van der Waals surface area contributed by atoms with E-state index in [2.05, 4.69) is 32.8 Å². The van der Waals surface area contributed by atoms with Gasteiger partial charge in [0.25, 0.3) is 0 Å². The van der Waals surface area contributed by atoms with Crippen LogP contribution >= 0.6 is 23.2 Å². The van der Waals surface area contributed by atoms with Crippen molar-refractivity contribution < 1.29 is 9.47 Å². The lowest BCUT2D eigenvalue weighted by atomic mass is 9.90. The Bertz CT molecular complexity index is 949. The van der Waals surface area contributed by atoms with Crippen molar-refractivity contribution in [2.45, 2.75) is 63.6 Å². The highest BCUT2D eigenvalue weighted by Gasteiger charge is 2.23. The predicted molar refractivity (Wildman–Crippen MR) is 144 cm³/mol. The third kappa shape index (κ3) is 7.67. The van der Waals surface area contributed by atoms with E-state index in [1.807, 2.05) is 12.1 Å². The molecule has 3 N–H and O–H groups in total. The van der Waals surface area contributed by atoms with Crippen LogP contribution in [-0.2, 0) is 9.47 Å². The zero-order valence-electron chi connectivity index (χ0n) is 20.7. The van der Waals surface area contributed by atoms with Crippen LogP contribution in [0, 0.1) is 5.92 Å². The molecule has 0 bridgehead atoms. The average molecular weight is 523 g/mol. The Kier molecular flexibility index (Phi) is 9.86. The van der Waals surface area contributed by atoms with Gasteiger partial charge in [0.1, 0.15) is 5.82 Å². The summed E-state index contributed by atoms with van der Waals surface area (Å²) in [6.45, 7) is 5.41. The maximum absolute atomic E-state index is 6.55. The molecule has 9 heteroatoms. The van der Waals surface area contributed by atoms with Crippen molar-refractivity contribution in [3.8, 4) is 11.1 Å². The summed E-state index contributed by atoms with van der Waals surface area (Å²) < 4.78 is 10.7. The molecule has 0 spiro atoms. The molecule has 0 unspecified atom stereocenters. The Morgan fingerprint density at radius 1 is 1.03 bits per heavy atom. The van der Waals surface area contributed by atoms with Crippen LogP contribution in [0.25, 0.3) is 11.1 Å². The number of ether oxygens (including phenoxy) is 2. The Balaban J connectivity index is 1.37. The third-order valence-corrected chi connectivity index (χ3v) is 7.55. The number of hydrogen-bond donors (Lipinski definition) is 3. The van der Waals surface area contributed by atoms with E-state index in [0.29, 0.717) is 34.2 Å². The highest BCUT2D eigenvalue weighted by molar-refractivity contribution is 6.33. The summed E-state index contributed by atoms with van der Waals surface area (Å²) in [6.07, 6.45) is 10.1. The molecular formula is C26H37Cl2N5O2. The van der Waals surface area contributed by atoms with E-state index in [9.17, 15) is 0 Å². The number of rotatable bonds is 10. The normalized spacial score (nSPS) is 22.1. The second-order valence-corrected chi connectivity index (χ2v) is 10.5. The molecule has 35 heavy (non-hydrogen) atoms. The molecule has 0 radical (unpaired) electrons. The summed E-state index contributed by atoms with van der Waals surface area (Å²) in [5, 5.41) is 11.8. The number of nitrogens with zero attached hydrogens (tertiary/aromatic N) is 2. The van der Waals surface area contributed by atoms with Gasteiger partial charge in [-0.1, -0.05) is 23.2 Å². The summed E-state index contributed by atoms with van der Waals surface area (Å²) >= 11 is 12.9. The largest absolute Gasteiger partial charge is 0.383 e. The van der Waals surface area contributed by atoms with Crippen molar-refractivity contribution in [2.24, 2.45) is 5.92 Å². The molecule has 1 aliphatic carbocycles. The van der Waals surface area contributed by atoms with Gasteiger partial charge in [0.2, 0.25) is 0 Å². The molecule has 4 rings (SSSR count). The molecule has 2 aromatic rings. The van der Waals surface area contributed by atoms with Crippen molar-refractivity contribution in [1.82, 2.24) is 15.3 Å². The maximum Gasteiger partial charge on any atom is 0.152 e. The van der Waals surface area contributed by atoms with Crippen molar-refractivity contribution in [3.05, 3.63) is 34.7 Å². The fraction of sp³-hybridized carbons (Fsp3) is 0.615. The number of halogens is 2. The van der Waals surface area contributed by atoms with Gasteiger partial charge < -0.3 is 25.4 Å². The molecule has 0 amide bonds. The number of anilines is 2. The van der Waals surface area contributed by atoms with E-state index in [-0.39, 0.29) is 0 Å². The number of nitrogens with one attached hydrogen (secondary N) is 3. The van der Waals surface area contributed by atoms with Gasteiger partial charge in [-0.2, -0.15) is 0 Å². The van der Waals surface area contributed by atoms with Crippen molar-refractivity contribution >= 4 is 34.7 Å². The Labute approximate surface area is 218 Å². The van der Waals surface area contributed by atoms with Crippen molar-refractivity contribution in [3.63, 3.8) is 0 Å². The van der Waals surface area contributed by atoms with Crippen LogP contribution in [0.4, 0.5) is 11.5 Å². The van der Waals surface area contributed by atoms with Gasteiger partial charge in [-0.15, -0.1) is 0 Å². The molecular weight excluding hydrogens is 485 g/mol. The molecule has 7 nitrogen and oxygen atoms in total. The molecule has 1 saturated heterocycles. The first-order valence-corrected chi connectivity index (χ1v) is 13.4. The first-order chi connectivity index (χ1) is 17.0. The predicted octanol–water partition coefficient (Wildman–Crippen LogP) is 5.64. The first-order valence-electron chi connectivity index (χ1n) is 12.7. The fourth-order valence-corrected chi connectivity index (χ4v) is 5.36. The van der Waals surface area contributed by atoms with Crippen LogP contribution in [0.1, 0.15) is 45.4 Å². The topological polar surface area (TPSA) is 80.3 Å². The van der Waals surface area contributed by atoms with Crippen LogP contribution in [0.3, 0.4) is 0 Å². The highest BCUT2D eigenvalue weighted by atomic mass is 35.5. The van der Waals surface area contributed by atoms with Gasteiger partial charge in [0.05, 0.1) is 17.3 Å². The van der Waals surface area contributed by atoms with Gasteiger partial charge in [-0.25, -0.2) is 9.97 Å². The number of methoxy groups -OCH3 is 1. The lowest BCUT2D eigenvalue weighted by molar-refractivity contribution is 0.0699. The van der Waals surface area contributed by atoms with Crippen LogP contribution in [-0.4, -0.2) is 61.6 Å². The highest BCUT2D eigenvalue weighted by Crippen LogP contribution is 2.33. The van der Waals surface area contributed by atoms with E-state index in [1.165, 1.54) is 0 Å². The number of aromatic nitrogens is 2. The molecule has 192 valence electrons. The zero-order valence-corrected chi connectivity index (χ0v) is 22.2. The molecule has 1 atom stereocenters. The quantitative estimate of drug-likeness (QED) is 0.349. The van der Waals surface area contributed by atoms with Crippen molar-refractivity contribution in [1.29, 1.82) is 0 Å². The van der Waals surface area contributed by atoms with Gasteiger partial charge in [0.15, 0.2) is 5.15 Å². The SMILES string of the molecule is COC[C@@H](C)NC1CCC(Nc2cc(-c3cnc(Cl)c(NCC4CCOCC4)c3)c(Cl)cn2)CC1. The van der Waals surface area contributed by atoms with E-state index < -0.39 is 0 Å². The van der Waals surface area contributed by atoms with Crippen LogP contribution in [0.15, 0.2) is 24.5 Å². The number of pyridine rings is 2. The number of hydrogen-bond acceptors (Lipinski definition) is 7. The Morgan fingerprint density at radius 3 is 2.51 bits per heavy atom. The maximum atomic E-state index is 6.55. The lowest BCUT2D eigenvalue weighted by Crippen LogP contribution is -2.42. The third-order valence-electron chi connectivity index (χ3n) is 6.94. The molecule has 2 aromatic heterocycles. The molecule has 1 aliphatic heterocycles. The monoisotopic (exact) mass is 521 g/mol. The summed E-state index contributed by atoms with van der Waals surface area (Å²) in [7, 11) is 1.75. The molecule has 0 aromatic carbocycles. The Morgan fingerprint density at radius 2 is 1.77 bits per heavy atom. The average Bonchev–Trinajstić information content (AvgIpc) is 2.87. The van der Waals surface area contributed by atoms with E-state index in [0.717, 1.165) is 87.5 Å². The van der Waals surface area contributed by atoms with Crippen LogP contribution in [0.5, 0.6) is 0 Å². The molecule has 2 aliphatic rings. The minimum atomic E-state index is 0.374. The molecule has 2 fully saturated rings. The molecule has 3 heterocycles. The summed E-state index contributed by atoms with van der Waals surface area (Å²) in [5.74, 6) is 1.41. The minimum absolute atomic E-state index is 0.374. The van der Waals surface area contributed by atoms with Gasteiger partial charge in [-0.05, 0) is 63.5 Å². The fourth-order valence-electron chi connectivity index (χ4n) is 4.98. The second kappa shape index (κ2) is 13.1. The van der Waals surface area contributed by atoms with Gasteiger partial charge >= 0.3 is 0 Å². The first kappa shape index (κ1) is 26.4. The van der Waals surface area contributed by atoms with Gasteiger partial charge in [-0.3, -0.25) is 0 Å². The smallest absolute Gasteiger partial charge is 0.152 e. The van der Waals surface area contributed by atoms with E-state index in [1.54, 1.807) is 19.5 Å². The van der Waals surface area contributed by atoms with E-state index >= 15 is 0 Å². The zero-order chi connectivity index (χ0) is 24.6. The van der Waals surface area contributed by atoms with Crippen LogP contribution < -0.4 is 16.0 Å². The summed E-state index contributed by atoms with van der Waals surface area (Å²) in [5.41, 5.74) is 2.64. The summed E-state index contributed by atoms with van der Waals surface area (Å²) in [4.78, 5) is 8.95. The minimum Gasteiger partial charge on any atom is -0.383 e.